The summed E-state index contributed by atoms with van der Waals surface area (Å²) < 4.78 is 0.803. The Bertz CT molecular complexity index is 978. The molecule has 1 saturated heterocycles. The van der Waals surface area contributed by atoms with E-state index in [0.29, 0.717) is 23.5 Å². The molecule has 138 valence electrons. The van der Waals surface area contributed by atoms with Crippen LogP contribution in [-0.4, -0.2) is 52.8 Å². The maximum Gasteiger partial charge on any atom is 0.258 e. The Morgan fingerprint density at radius 1 is 1.07 bits per heavy atom. The number of fused-ring (bicyclic) bond motifs is 1. The Morgan fingerprint density at radius 2 is 1.81 bits per heavy atom. The van der Waals surface area contributed by atoms with E-state index in [1.165, 1.54) is 16.9 Å². The largest absolute Gasteiger partial charge is 0.365 e. The maximum absolute atomic E-state index is 13.0. The molecule has 1 aliphatic rings. The molecule has 7 heteroatoms. The van der Waals surface area contributed by atoms with Crippen LogP contribution in [0.25, 0.3) is 10.1 Å². The molecule has 0 spiro atoms. The highest BCUT2D eigenvalue weighted by Gasteiger charge is 2.24. The van der Waals surface area contributed by atoms with Gasteiger partial charge in [-0.25, -0.2) is 0 Å². The van der Waals surface area contributed by atoms with Gasteiger partial charge in [0.2, 0.25) is 0 Å². The van der Waals surface area contributed by atoms with E-state index in [4.69, 9.17) is 5.73 Å². The van der Waals surface area contributed by atoms with Crippen LogP contribution in [0.2, 0.25) is 0 Å². The summed E-state index contributed by atoms with van der Waals surface area (Å²) in [5.74, 6) is -0.523. The zero-order valence-electron chi connectivity index (χ0n) is 14.8. The molecule has 2 aromatic heterocycles. The molecule has 4 rings (SSSR count). The molecule has 6 nitrogen and oxygen atoms in total. The van der Waals surface area contributed by atoms with Crippen molar-refractivity contribution in [3.8, 4) is 0 Å². The van der Waals surface area contributed by atoms with Crippen LogP contribution in [-0.2, 0) is 6.54 Å². The Labute approximate surface area is 161 Å². The molecule has 1 fully saturated rings. The smallest absolute Gasteiger partial charge is 0.258 e. The second kappa shape index (κ2) is 7.46. The van der Waals surface area contributed by atoms with Crippen molar-refractivity contribution in [2.75, 3.05) is 26.2 Å². The zero-order valence-corrected chi connectivity index (χ0v) is 15.6. The minimum absolute atomic E-state index is 0.0405. The van der Waals surface area contributed by atoms with Crippen LogP contribution in [0.1, 0.15) is 25.6 Å². The number of aromatic nitrogens is 1. The average molecular weight is 380 g/mol. The fourth-order valence-electron chi connectivity index (χ4n) is 3.37. The van der Waals surface area contributed by atoms with Crippen LogP contribution < -0.4 is 5.73 Å². The van der Waals surface area contributed by atoms with Gasteiger partial charge in [-0.1, -0.05) is 30.3 Å². The van der Waals surface area contributed by atoms with Gasteiger partial charge in [0, 0.05) is 50.5 Å². The molecule has 1 aromatic carbocycles. The number of nitrogens with zero attached hydrogens (tertiary/aromatic N) is 3. The first kappa shape index (κ1) is 17.6. The van der Waals surface area contributed by atoms with Crippen LogP contribution in [0.15, 0.2) is 48.8 Å². The molecule has 0 bridgehead atoms. The molecular weight excluding hydrogens is 360 g/mol. The van der Waals surface area contributed by atoms with E-state index in [2.05, 4.69) is 22.0 Å². The molecular formula is C20H20N4O2S. The van der Waals surface area contributed by atoms with Crippen molar-refractivity contribution < 1.29 is 9.59 Å². The minimum atomic E-state index is -0.482. The Morgan fingerprint density at radius 3 is 2.52 bits per heavy atom. The van der Waals surface area contributed by atoms with Gasteiger partial charge in [-0.2, -0.15) is 0 Å². The molecule has 3 aromatic rings. The SMILES string of the molecule is NC(=O)c1cc2c(C(=O)N3CCN(Cc4ccccc4)CC3)cncc2s1. The second-order valence-corrected chi connectivity index (χ2v) is 7.71. The zero-order chi connectivity index (χ0) is 18.8. The predicted octanol–water partition coefficient (Wildman–Crippen LogP) is 2.35. The van der Waals surface area contributed by atoms with Crippen molar-refractivity contribution in [3.63, 3.8) is 0 Å². The van der Waals surface area contributed by atoms with Crippen molar-refractivity contribution in [2.45, 2.75) is 6.54 Å². The van der Waals surface area contributed by atoms with Crippen molar-refractivity contribution in [2.24, 2.45) is 5.73 Å². The fraction of sp³-hybridized carbons (Fsp3) is 0.250. The second-order valence-electron chi connectivity index (χ2n) is 6.63. The number of pyridine rings is 1. The average Bonchev–Trinajstić information content (AvgIpc) is 3.14. The van der Waals surface area contributed by atoms with Crippen molar-refractivity contribution in [1.29, 1.82) is 0 Å². The maximum atomic E-state index is 13.0. The van der Waals surface area contributed by atoms with Crippen molar-refractivity contribution in [3.05, 3.63) is 64.8 Å². The Kier molecular flexibility index (Phi) is 4.87. The van der Waals surface area contributed by atoms with Gasteiger partial charge in [0.15, 0.2) is 0 Å². The summed E-state index contributed by atoms with van der Waals surface area (Å²) in [5.41, 5.74) is 7.19. The van der Waals surface area contributed by atoms with E-state index in [0.717, 1.165) is 29.7 Å². The van der Waals surface area contributed by atoms with E-state index in [-0.39, 0.29) is 5.91 Å². The summed E-state index contributed by atoms with van der Waals surface area (Å²) in [6.45, 7) is 3.91. The van der Waals surface area contributed by atoms with Gasteiger partial charge in [0.25, 0.3) is 11.8 Å². The fourth-order valence-corrected chi connectivity index (χ4v) is 4.28. The lowest BCUT2D eigenvalue weighted by atomic mass is 10.1. The third-order valence-electron chi connectivity index (χ3n) is 4.83. The van der Waals surface area contributed by atoms with Gasteiger partial charge < -0.3 is 10.6 Å². The molecule has 1 aliphatic heterocycles. The summed E-state index contributed by atoms with van der Waals surface area (Å²) in [4.78, 5) is 33.3. The first-order chi connectivity index (χ1) is 13.1. The van der Waals surface area contributed by atoms with Gasteiger partial charge in [-0.3, -0.25) is 19.5 Å². The summed E-state index contributed by atoms with van der Waals surface area (Å²) in [7, 11) is 0. The van der Waals surface area contributed by atoms with E-state index < -0.39 is 5.91 Å². The van der Waals surface area contributed by atoms with Gasteiger partial charge >= 0.3 is 0 Å². The number of thiophene rings is 1. The Hall–Kier alpha value is -2.77. The van der Waals surface area contributed by atoms with E-state index in [1.807, 2.05) is 23.1 Å². The highest BCUT2D eigenvalue weighted by molar-refractivity contribution is 7.20. The third kappa shape index (κ3) is 3.70. The molecule has 0 atom stereocenters. The molecule has 0 aliphatic carbocycles. The van der Waals surface area contributed by atoms with Crippen LogP contribution in [0, 0.1) is 0 Å². The van der Waals surface area contributed by atoms with Crippen LogP contribution in [0.4, 0.5) is 0 Å². The number of nitrogens with two attached hydrogens (primary N) is 1. The number of carbonyl (C=O) groups excluding carboxylic acids is 2. The van der Waals surface area contributed by atoms with Gasteiger partial charge in [0.05, 0.1) is 15.1 Å². The first-order valence-electron chi connectivity index (χ1n) is 8.85. The number of carbonyl (C=O) groups is 2. The quantitative estimate of drug-likeness (QED) is 0.754. The monoisotopic (exact) mass is 380 g/mol. The molecule has 3 heterocycles. The number of primary amides is 1. The van der Waals surface area contributed by atoms with Gasteiger partial charge in [-0.05, 0) is 11.6 Å². The van der Waals surface area contributed by atoms with E-state index in [9.17, 15) is 9.59 Å². The predicted molar refractivity (Wildman–Crippen MR) is 106 cm³/mol. The Balaban J connectivity index is 1.46. The van der Waals surface area contributed by atoms with Crippen LogP contribution >= 0.6 is 11.3 Å². The number of hydrogen-bond donors (Lipinski definition) is 1. The normalized spacial score (nSPS) is 15.2. The van der Waals surface area contributed by atoms with Crippen molar-refractivity contribution >= 4 is 33.2 Å². The highest BCUT2D eigenvalue weighted by atomic mass is 32.1. The molecule has 0 unspecified atom stereocenters. The minimum Gasteiger partial charge on any atom is -0.365 e. The van der Waals surface area contributed by atoms with Gasteiger partial charge in [-0.15, -0.1) is 11.3 Å². The number of piperazine rings is 1. The lowest BCUT2D eigenvalue weighted by Crippen LogP contribution is -2.48. The molecule has 27 heavy (non-hydrogen) atoms. The number of amides is 2. The summed E-state index contributed by atoms with van der Waals surface area (Å²) in [6.07, 6.45) is 3.25. The molecule has 0 radical (unpaired) electrons. The third-order valence-corrected chi connectivity index (χ3v) is 5.91. The van der Waals surface area contributed by atoms with Crippen LogP contribution in [0.5, 0.6) is 0 Å². The topological polar surface area (TPSA) is 79.5 Å². The molecule has 0 saturated carbocycles. The van der Waals surface area contributed by atoms with Crippen LogP contribution in [0.3, 0.4) is 0 Å². The number of hydrogen-bond acceptors (Lipinski definition) is 5. The number of rotatable bonds is 4. The highest BCUT2D eigenvalue weighted by Crippen LogP contribution is 2.28. The summed E-state index contributed by atoms with van der Waals surface area (Å²) in [5, 5.41) is 0.750. The summed E-state index contributed by atoms with van der Waals surface area (Å²) >= 11 is 1.27. The van der Waals surface area contributed by atoms with E-state index >= 15 is 0 Å². The van der Waals surface area contributed by atoms with E-state index in [1.54, 1.807) is 18.5 Å². The molecule has 2 amide bonds. The lowest BCUT2D eigenvalue weighted by molar-refractivity contribution is 0.0630. The lowest BCUT2D eigenvalue weighted by Gasteiger charge is -2.34. The standard InChI is InChI=1S/C20H20N4O2S/c21-19(25)17-10-15-16(11-22-12-18(15)27-17)20(26)24-8-6-23(7-9-24)13-14-4-2-1-3-5-14/h1-5,10-12H,6-9,13H2,(H2,21,25). The van der Waals surface area contributed by atoms with Gasteiger partial charge in [0.1, 0.15) is 0 Å². The molecule has 2 N–H and O–H groups in total. The first-order valence-corrected chi connectivity index (χ1v) is 9.66. The number of benzene rings is 1. The summed E-state index contributed by atoms with van der Waals surface area (Å²) in [6, 6.07) is 12.0. The van der Waals surface area contributed by atoms with Crippen molar-refractivity contribution in [1.82, 2.24) is 14.8 Å².